The van der Waals surface area contributed by atoms with Gasteiger partial charge in [-0.1, -0.05) is 12.2 Å². The summed E-state index contributed by atoms with van der Waals surface area (Å²) < 4.78 is 12.3. The third-order valence-corrected chi connectivity index (χ3v) is 5.29. The molecular weight excluding hydrogens is 330 g/mol. The number of nitrogens with zero attached hydrogens (tertiary/aromatic N) is 2. The molecule has 136 valence electrons. The molecule has 26 heavy (non-hydrogen) atoms. The largest absolute Gasteiger partial charge is 0.497 e. The quantitative estimate of drug-likeness (QED) is 0.674. The van der Waals surface area contributed by atoms with E-state index in [1.54, 1.807) is 18.7 Å². The lowest BCUT2D eigenvalue weighted by Crippen LogP contribution is -2.30. The number of esters is 1. The fourth-order valence-corrected chi connectivity index (χ4v) is 4.07. The molecule has 0 radical (unpaired) electrons. The van der Waals surface area contributed by atoms with Crippen LogP contribution in [0.1, 0.15) is 47.1 Å². The number of aryl methyl sites for hydroxylation is 1. The van der Waals surface area contributed by atoms with Gasteiger partial charge in [0.25, 0.3) is 0 Å². The fraction of sp³-hybridized carbons (Fsp3) is 0.400. The van der Waals surface area contributed by atoms with E-state index in [-0.39, 0.29) is 12.0 Å². The summed E-state index contributed by atoms with van der Waals surface area (Å²) in [5.74, 6) is 1.19. The van der Waals surface area contributed by atoms with E-state index < -0.39 is 0 Å². The van der Waals surface area contributed by atoms with Crippen molar-refractivity contribution in [3.63, 3.8) is 0 Å². The number of aromatic nitrogens is 2. The van der Waals surface area contributed by atoms with E-state index in [9.17, 15) is 4.79 Å². The Morgan fingerprint density at radius 1 is 1.38 bits per heavy atom. The Hall–Kier alpha value is -2.76. The van der Waals surface area contributed by atoms with Gasteiger partial charge in [0.2, 0.25) is 0 Å². The molecule has 1 aliphatic carbocycles. The summed E-state index contributed by atoms with van der Waals surface area (Å²) in [7, 11) is 3.57. The van der Waals surface area contributed by atoms with Gasteiger partial charge in [0, 0.05) is 18.7 Å². The number of allylic oxidation sites excluding steroid dienone is 2. The topological polar surface area (TPSA) is 65.4 Å². The fourth-order valence-electron chi connectivity index (χ4n) is 4.07. The molecule has 0 bridgehead atoms. The van der Waals surface area contributed by atoms with Crippen LogP contribution in [0.4, 0.5) is 5.69 Å². The van der Waals surface area contributed by atoms with Crippen LogP contribution in [0.15, 0.2) is 36.4 Å². The van der Waals surface area contributed by atoms with E-state index in [0.29, 0.717) is 24.1 Å². The van der Waals surface area contributed by atoms with Crippen LogP contribution in [0, 0.1) is 5.92 Å². The van der Waals surface area contributed by atoms with Gasteiger partial charge in [0.15, 0.2) is 5.69 Å². The lowest BCUT2D eigenvalue weighted by Gasteiger charge is -2.37. The molecule has 6 nitrogen and oxygen atoms in total. The zero-order chi connectivity index (χ0) is 18.3. The highest BCUT2D eigenvalue weighted by atomic mass is 16.5. The van der Waals surface area contributed by atoms with Gasteiger partial charge in [-0.25, -0.2) is 4.79 Å². The third kappa shape index (κ3) is 2.66. The first-order chi connectivity index (χ1) is 12.6. The first kappa shape index (κ1) is 16.7. The van der Waals surface area contributed by atoms with Crippen LogP contribution < -0.4 is 10.1 Å². The molecule has 1 aliphatic heterocycles. The summed E-state index contributed by atoms with van der Waals surface area (Å²) in [5, 5.41) is 8.02. The summed E-state index contributed by atoms with van der Waals surface area (Å²) in [6.45, 7) is 2.14. The van der Waals surface area contributed by atoms with Crippen LogP contribution in [-0.2, 0) is 11.8 Å². The molecule has 4 rings (SSSR count). The summed E-state index contributed by atoms with van der Waals surface area (Å²) in [6, 6.07) is 8.07. The Bertz CT molecular complexity index is 871. The number of rotatable bonds is 4. The molecule has 0 unspecified atom stereocenters. The Morgan fingerprint density at radius 3 is 3.00 bits per heavy atom. The van der Waals surface area contributed by atoms with Gasteiger partial charge in [-0.2, -0.15) is 5.10 Å². The van der Waals surface area contributed by atoms with Crippen molar-refractivity contribution in [1.29, 1.82) is 0 Å². The van der Waals surface area contributed by atoms with Crippen LogP contribution in [-0.4, -0.2) is 29.5 Å². The van der Waals surface area contributed by atoms with E-state index >= 15 is 0 Å². The molecular formula is C20H23N3O3. The highest BCUT2D eigenvalue weighted by molar-refractivity contribution is 5.87. The smallest absolute Gasteiger partial charge is 0.358 e. The zero-order valence-electron chi connectivity index (χ0n) is 15.2. The van der Waals surface area contributed by atoms with Gasteiger partial charge in [-0.3, -0.25) is 4.68 Å². The molecule has 1 aromatic carbocycles. The lowest BCUT2D eigenvalue weighted by molar-refractivity contribution is 0.0518. The Morgan fingerprint density at radius 2 is 2.23 bits per heavy atom. The van der Waals surface area contributed by atoms with Gasteiger partial charge in [0.05, 0.1) is 25.5 Å². The Labute approximate surface area is 152 Å². The number of nitrogens with one attached hydrogen (secondary N) is 1. The maximum absolute atomic E-state index is 12.0. The minimum Gasteiger partial charge on any atom is -0.497 e. The van der Waals surface area contributed by atoms with Crippen molar-refractivity contribution in [2.45, 2.75) is 25.3 Å². The highest BCUT2D eigenvalue weighted by Gasteiger charge is 2.39. The minimum atomic E-state index is -0.378. The molecule has 0 saturated heterocycles. The number of fused-ring (bicyclic) bond motifs is 3. The Balaban J connectivity index is 1.71. The van der Waals surface area contributed by atoms with E-state index in [2.05, 4.69) is 34.7 Å². The number of benzene rings is 1. The van der Waals surface area contributed by atoms with Crippen LogP contribution in [0.25, 0.3) is 0 Å². The normalized spacial score (nSPS) is 23.1. The van der Waals surface area contributed by atoms with Crippen LogP contribution in [0.2, 0.25) is 0 Å². The summed E-state index contributed by atoms with van der Waals surface area (Å²) in [5.41, 5.74) is 3.71. The van der Waals surface area contributed by atoms with Gasteiger partial charge in [-0.05, 0) is 49.1 Å². The van der Waals surface area contributed by atoms with Crippen LogP contribution in [0.3, 0.4) is 0 Å². The second kappa shape index (κ2) is 6.52. The number of carbonyl (C=O) groups excluding carboxylic acids is 1. The second-order valence-electron chi connectivity index (χ2n) is 6.73. The first-order valence-corrected chi connectivity index (χ1v) is 8.94. The standard InChI is InChI=1S/C20H23N3O3/c1-4-26-20(24)17-11-18(23(2)22-17)19-14-7-5-6-13(14)15-10-12(25-3)8-9-16(15)21-19/h5-6,8-11,13-14,19,21H,4,7H2,1-3H3/t13-,14+,19-/m1/s1. The monoisotopic (exact) mass is 353 g/mol. The van der Waals surface area contributed by atoms with Gasteiger partial charge >= 0.3 is 5.97 Å². The van der Waals surface area contributed by atoms with Crippen molar-refractivity contribution in [1.82, 2.24) is 9.78 Å². The molecule has 2 aromatic rings. The summed E-state index contributed by atoms with van der Waals surface area (Å²) in [4.78, 5) is 12.0. The van der Waals surface area contributed by atoms with Crippen molar-refractivity contribution in [2.75, 3.05) is 19.0 Å². The lowest BCUT2D eigenvalue weighted by atomic mass is 9.78. The molecule has 0 fully saturated rings. The number of hydrogen-bond acceptors (Lipinski definition) is 5. The van der Waals surface area contributed by atoms with Crippen molar-refractivity contribution in [3.05, 3.63) is 53.4 Å². The molecule has 1 N–H and O–H groups in total. The van der Waals surface area contributed by atoms with Crippen molar-refractivity contribution in [3.8, 4) is 5.75 Å². The number of methoxy groups -OCH3 is 1. The summed E-state index contributed by atoms with van der Waals surface area (Å²) >= 11 is 0. The van der Waals surface area contributed by atoms with Crippen molar-refractivity contribution < 1.29 is 14.3 Å². The SMILES string of the molecule is CCOC(=O)c1cc([C@@H]2Nc3ccc(OC)cc3[C@@H]3C=CC[C@@H]32)n(C)n1. The molecule has 3 atom stereocenters. The average molecular weight is 353 g/mol. The van der Waals surface area contributed by atoms with Gasteiger partial charge in [-0.15, -0.1) is 0 Å². The minimum absolute atomic E-state index is 0.0802. The second-order valence-corrected chi connectivity index (χ2v) is 6.73. The number of ether oxygens (including phenoxy) is 2. The van der Waals surface area contributed by atoms with Crippen LogP contribution in [0.5, 0.6) is 5.75 Å². The van der Waals surface area contributed by atoms with E-state index in [1.165, 1.54) is 5.56 Å². The molecule has 0 amide bonds. The molecule has 2 aliphatic rings. The predicted molar refractivity (Wildman–Crippen MR) is 98.5 cm³/mol. The zero-order valence-corrected chi connectivity index (χ0v) is 15.2. The average Bonchev–Trinajstić information content (AvgIpc) is 3.28. The molecule has 6 heteroatoms. The van der Waals surface area contributed by atoms with E-state index in [0.717, 1.165) is 23.6 Å². The molecule has 0 spiro atoms. The maximum Gasteiger partial charge on any atom is 0.358 e. The predicted octanol–water partition coefficient (Wildman–Crippen LogP) is 3.43. The Kier molecular flexibility index (Phi) is 4.18. The number of hydrogen-bond donors (Lipinski definition) is 1. The van der Waals surface area contributed by atoms with Crippen molar-refractivity contribution in [2.24, 2.45) is 13.0 Å². The maximum atomic E-state index is 12.0. The van der Waals surface area contributed by atoms with Crippen LogP contribution >= 0.6 is 0 Å². The first-order valence-electron chi connectivity index (χ1n) is 8.94. The molecule has 1 aromatic heterocycles. The highest BCUT2D eigenvalue weighted by Crippen LogP contribution is 2.50. The number of carbonyl (C=O) groups is 1. The van der Waals surface area contributed by atoms with E-state index in [1.807, 2.05) is 19.2 Å². The molecule has 0 saturated carbocycles. The van der Waals surface area contributed by atoms with Gasteiger partial charge in [0.1, 0.15) is 5.75 Å². The van der Waals surface area contributed by atoms with Gasteiger partial charge < -0.3 is 14.8 Å². The third-order valence-electron chi connectivity index (χ3n) is 5.29. The van der Waals surface area contributed by atoms with E-state index in [4.69, 9.17) is 9.47 Å². The summed E-state index contributed by atoms with van der Waals surface area (Å²) in [6.07, 6.45) is 5.50. The number of anilines is 1. The molecule has 2 heterocycles. The van der Waals surface area contributed by atoms with Crippen molar-refractivity contribution >= 4 is 11.7 Å².